The second-order valence-electron chi connectivity index (χ2n) is 3.88. The van der Waals surface area contributed by atoms with E-state index in [0.717, 1.165) is 0 Å². The Balaban J connectivity index is 2.47. The third kappa shape index (κ3) is 3.22. The highest BCUT2D eigenvalue weighted by atomic mass is 35.5. The van der Waals surface area contributed by atoms with Crippen molar-refractivity contribution in [1.29, 1.82) is 0 Å². The molecule has 2 aromatic heterocycles. The van der Waals surface area contributed by atoms with Crippen LogP contribution in [0.4, 0.5) is 5.69 Å². The van der Waals surface area contributed by atoms with Gasteiger partial charge in [0.05, 0.1) is 14.2 Å². The number of rotatable bonds is 6. The molecule has 9 heteroatoms. The third-order valence-corrected chi connectivity index (χ3v) is 2.90. The maximum Gasteiger partial charge on any atom is 0.245 e. The minimum Gasteiger partial charge on any atom is -0.479 e. The van der Waals surface area contributed by atoms with Gasteiger partial charge in [-0.15, -0.1) is 11.6 Å². The molecule has 0 aliphatic heterocycles. The Labute approximate surface area is 126 Å². The highest BCUT2D eigenvalue weighted by molar-refractivity contribution is 6.29. The number of anilines is 1. The van der Waals surface area contributed by atoms with Crippen LogP contribution in [0.25, 0.3) is 0 Å². The molecule has 112 valence electrons. The van der Waals surface area contributed by atoms with E-state index in [4.69, 9.17) is 21.1 Å². The predicted octanol–water partition coefficient (Wildman–Crippen LogP) is 0.920. The molecule has 0 radical (unpaired) electrons. The number of amides is 1. The van der Waals surface area contributed by atoms with E-state index in [0.29, 0.717) is 5.69 Å². The van der Waals surface area contributed by atoms with E-state index in [1.807, 2.05) is 0 Å². The van der Waals surface area contributed by atoms with E-state index in [9.17, 15) is 4.79 Å². The lowest BCUT2D eigenvalue weighted by atomic mass is 10.4. The number of carbonyl (C=O) groups excluding carboxylic acids is 1. The second kappa shape index (κ2) is 6.89. The van der Waals surface area contributed by atoms with Crippen molar-refractivity contribution in [2.24, 2.45) is 0 Å². The summed E-state index contributed by atoms with van der Waals surface area (Å²) in [6.07, 6.45) is 4.62. The summed E-state index contributed by atoms with van der Waals surface area (Å²) < 4.78 is 11.9. The van der Waals surface area contributed by atoms with Gasteiger partial charge in [-0.2, -0.15) is 15.1 Å². The average Bonchev–Trinajstić information content (AvgIpc) is 3.04. The molecule has 2 heterocycles. The third-order valence-electron chi connectivity index (χ3n) is 2.67. The van der Waals surface area contributed by atoms with Crippen molar-refractivity contribution < 1.29 is 14.3 Å². The van der Waals surface area contributed by atoms with Gasteiger partial charge in [-0.25, -0.2) is 0 Å². The number of hydrogen-bond acceptors (Lipinski definition) is 6. The first-order chi connectivity index (χ1) is 10.2. The molecule has 1 amide bonds. The lowest BCUT2D eigenvalue weighted by Crippen LogP contribution is -2.35. The number of hydrogen-bond donors (Lipinski definition) is 0. The van der Waals surface area contributed by atoms with Crippen LogP contribution >= 0.6 is 11.6 Å². The summed E-state index contributed by atoms with van der Waals surface area (Å²) in [7, 11) is 2.89. The maximum atomic E-state index is 12.2. The minimum absolute atomic E-state index is 0.138. The standard InChI is InChI=1S/C12H14ClN5O3/c1-20-11-10(12(21-2)15-7-14-11)18(9(19)6-13)8-17-5-3-4-16-17/h3-5,7H,6,8H2,1-2H3. The van der Waals surface area contributed by atoms with E-state index in [1.54, 1.807) is 23.1 Å². The first-order valence-corrected chi connectivity index (χ1v) is 6.51. The Hall–Kier alpha value is -2.35. The van der Waals surface area contributed by atoms with Crippen LogP contribution < -0.4 is 14.4 Å². The van der Waals surface area contributed by atoms with Gasteiger partial charge >= 0.3 is 0 Å². The zero-order chi connectivity index (χ0) is 15.2. The van der Waals surface area contributed by atoms with Crippen molar-refractivity contribution in [3.63, 3.8) is 0 Å². The van der Waals surface area contributed by atoms with Gasteiger partial charge in [0.25, 0.3) is 0 Å². The van der Waals surface area contributed by atoms with Gasteiger partial charge in [0, 0.05) is 12.4 Å². The molecule has 2 aromatic rings. The fraction of sp³-hybridized carbons (Fsp3) is 0.333. The van der Waals surface area contributed by atoms with Gasteiger partial charge in [-0.3, -0.25) is 14.4 Å². The smallest absolute Gasteiger partial charge is 0.245 e. The van der Waals surface area contributed by atoms with Crippen LogP contribution in [0, 0.1) is 0 Å². The fourth-order valence-electron chi connectivity index (χ4n) is 1.75. The molecule has 2 rings (SSSR count). The number of aromatic nitrogens is 4. The second-order valence-corrected chi connectivity index (χ2v) is 4.15. The first-order valence-electron chi connectivity index (χ1n) is 5.98. The summed E-state index contributed by atoms with van der Waals surface area (Å²) in [5.74, 6) is -0.124. The molecular formula is C12H14ClN5O3. The molecule has 8 nitrogen and oxygen atoms in total. The molecule has 0 unspecified atom stereocenters. The fourth-order valence-corrected chi connectivity index (χ4v) is 1.90. The zero-order valence-corrected chi connectivity index (χ0v) is 12.3. The topological polar surface area (TPSA) is 82.4 Å². The Morgan fingerprint density at radius 1 is 1.33 bits per heavy atom. The molecule has 0 aliphatic rings. The molecule has 0 N–H and O–H groups in total. The number of methoxy groups -OCH3 is 2. The Morgan fingerprint density at radius 2 is 2.00 bits per heavy atom. The van der Waals surface area contributed by atoms with Crippen molar-refractivity contribution in [3.8, 4) is 11.8 Å². The summed E-state index contributed by atoms with van der Waals surface area (Å²) in [6, 6.07) is 1.75. The Bertz CT molecular complexity index is 583. The van der Waals surface area contributed by atoms with Crippen LogP contribution in [-0.2, 0) is 11.5 Å². The van der Waals surface area contributed by atoms with Crippen molar-refractivity contribution in [3.05, 3.63) is 24.8 Å². The van der Waals surface area contributed by atoms with Gasteiger partial charge in [0.15, 0.2) is 5.69 Å². The van der Waals surface area contributed by atoms with E-state index in [1.165, 1.54) is 25.4 Å². The van der Waals surface area contributed by atoms with Crippen LogP contribution in [0.15, 0.2) is 24.8 Å². The van der Waals surface area contributed by atoms with Gasteiger partial charge in [0.1, 0.15) is 18.9 Å². The van der Waals surface area contributed by atoms with Gasteiger partial charge < -0.3 is 9.47 Å². The van der Waals surface area contributed by atoms with Crippen LogP contribution in [0.2, 0.25) is 0 Å². The Morgan fingerprint density at radius 3 is 2.48 bits per heavy atom. The molecule has 0 bridgehead atoms. The largest absolute Gasteiger partial charge is 0.479 e. The van der Waals surface area contributed by atoms with Crippen molar-refractivity contribution in [2.45, 2.75) is 6.67 Å². The van der Waals surface area contributed by atoms with Crippen LogP contribution in [-0.4, -0.2) is 45.8 Å². The van der Waals surface area contributed by atoms with Crippen LogP contribution in [0.1, 0.15) is 0 Å². The summed E-state index contributed by atoms with van der Waals surface area (Å²) in [4.78, 5) is 21.5. The molecule has 0 spiro atoms. The van der Waals surface area contributed by atoms with E-state index in [2.05, 4.69) is 15.1 Å². The molecular weight excluding hydrogens is 298 g/mol. The highest BCUT2D eigenvalue weighted by Crippen LogP contribution is 2.34. The average molecular weight is 312 g/mol. The van der Waals surface area contributed by atoms with Crippen molar-refractivity contribution >= 4 is 23.2 Å². The summed E-state index contributed by atoms with van der Waals surface area (Å²) >= 11 is 5.68. The summed E-state index contributed by atoms with van der Waals surface area (Å²) in [5, 5.41) is 4.07. The quantitative estimate of drug-likeness (QED) is 0.738. The van der Waals surface area contributed by atoms with Gasteiger partial charge in [-0.05, 0) is 6.07 Å². The molecule has 0 saturated carbocycles. The van der Waals surface area contributed by atoms with Crippen molar-refractivity contribution in [1.82, 2.24) is 19.7 Å². The van der Waals surface area contributed by atoms with Gasteiger partial charge in [0.2, 0.25) is 17.7 Å². The molecule has 0 aliphatic carbocycles. The Kier molecular flexibility index (Phi) is 4.94. The molecule has 21 heavy (non-hydrogen) atoms. The van der Waals surface area contributed by atoms with Gasteiger partial charge in [-0.1, -0.05) is 0 Å². The SMILES string of the molecule is COc1ncnc(OC)c1N(Cn1cccn1)C(=O)CCl. The number of carbonyl (C=O) groups is 1. The lowest BCUT2D eigenvalue weighted by molar-refractivity contribution is -0.116. The summed E-state index contributed by atoms with van der Waals surface area (Å²) in [6.45, 7) is 0.138. The number of nitrogens with zero attached hydrogens (tertiary/aromatic N) is 5. The minimum atomic E-state index is -0.349. The number of alkyl halides is 1. The molecule has 0 fully saturated rings. The van der Waals surface area contributed by atoms with Crippen LogP contribution in [0.5, 0.6) is 11.8 Å². The van der Waals surface area contributed by atoms with E-state index >= 15 is 0 Å². The predicted molar refractivity (Wildman–Crippen MR) is 75.6 cm³/mol. The monoisotopic (exact) mass is 311 g/mol. The molecule has 0 saturated heterocycles. The highest BCUT2D eigenvalue weighted by Gasteiger charge is 2.25. The van der Waals surface area contributed by atoms with Crippen LogP contribution in [0.3, 0.4) is 0 Å². The number of halogens is 1. The number of ether oxygens (including phenoxy) is 2. The molecule has 0 aromatic carbocycles. The normalized spacial score (nSPS) is 10.2. The zero-order valence-electron chi connectivity index (χ0n) is 11.6. The lowest BCUT2D eigenvalue weighted by Gasteiger charge is -2.24. The van der Waals surface area contributed by atoms with E-state index < -0.39 is 0 Å². The van der Waals surface area contributed by atoms with Crippen molar-refractivity contribution in [2.75, 3.05) is 25.0 Å². The maximum absolute atomic E-state index is 12.2. The summed E-state index contributed by atoms with van der Waals surface area (Å²) in [5.41, 5.74) is 0.309. The van der Waals surface area contributed by atoms with E-state index in [-0.39, 0.29) is 30.2 Å². The molecule has 0 atom stereocenters. The first kappa shape index (κ1) is 15.0.